The van der Waals surface area contributed by atoms with Crippen LogP contribution in [0.4, 0.5) is 0 Å². The van der Waals surface area contributed by atoms with Crippen molar-refractivity contribution < 1.29 is 0 Å². The van der Waals surface area contributed by atoms with Gasteiger partial charge in [0.2, 0.25) is 5.28 Å². The van der Waals surface area contributed by atoms with Gasteiger partial charge in [0.05, 0.1) is 10.7 Å². The van der Waals surface area contributed by atoms with Crippen molar-refractivity contribution >= 4 is 34.8 Å². The molecule has 66 valence electrons. The van der Waals surface area contributed by atoms with Gasteiger partial charge in [-0.3, -0.25) is 0 Å². The number of rotatable bonds is 2. The van der Waals surface area contributed by atoms with E-state index in [4.69, 9.17) is 34.8 Å². The highest BCUT2D eigenvalue weighted by Crippen LogP contribution is 2.24. The van der Waals surface area contributed by atoms with Crippen LogP contribution in [0.1, 0.15) is 19.0 Å². The highest BCUT2D eigenvalue weighted by molar-refractivity contribution is 6.42. The largest absolute Gasteiger partial charge is 0.224 e. The molecule has 2 nitrogen and oxygen atoms in total. The minimum Gasteiger partial charge on any atom is -0.221 e. The van der Waals surface area contributed by atoms with Crippen LogP contribution in [0.3, 0.4) is 0 Å². The predicted molar refractivity (Wildman–Crippen MR) is 51.1 cm³/mol. The highest BCUT2D eigenvalue weighted by atomic mass is 35.5. The van der Waals surface area contributed by atoms with Crippen LogP contribution >= 0.6 is 34.8 Å². The average Bonchev–Trinajstić information content (AvgIpc) is 2.00. The van der Waals surface area contributed by atoms with E-state index in [0.29, 0.717) is 10.7 Å². The Morgan fingerprint density at radius 3 is 2.42 bits per heavy atom. The van der Waals surface area contributed by atoms with Gasteiger partial charge in [0.15, 0.2) is 5.15 Å². The molecule has 1 aromatic rings. The summed E-state index contributed by atoms with van der Waals surface area (Å²) >= 11 is 17.1. The van der Waals surface area contributed by atoms with Gasteiger partial charge in [0.1, 0.15) is 0 Å². The maximum Gasteiger partial charge on any atom is 0.224 e. The molecule has 0 fully saturated rings. The second-order valence-electron chi connectivity index (χ2n) is 2.29. The number of nitrogens with zero attached hydrogens (tertiary/aromatic N) is 2. The first-order valence-corrected chi connectivity index (χ1v) is 4.66. The van der Waals surface area contributed by atoms with Crippen LogP contribution in [0.2, 0.25) is 15.5 Å². The second-order valence-corrected chi connectivity index (χ2v) is 3.37. The normalized spacial score (nSPS) is 10.3. The minimum atomic E-state index is 0.146. The van der Waals surface area contributed by atoms with Gasteiger partial charge in [-0.25, -0.2) is 9.97 Å². The molecule has 0 saturated carbocycles. The molecule has 0 spiro atoms. The van der Waals surface area contributed by atoms with Crippen molar-refractivity contribution in [1.82, 2.24) is 9.97 Å². The van der Waals surface area contributed by atoms with Crippen molar-refractivity contribution in [3.8, 4) is 0 Å². The predicted octanol–water partition coefficient (Wildman–Crippen LogP) is 3.39. The SMILES string of the molecule is CCCc1nc(Cl)nc(Cl)c1Cl. The van der Waals surface area contributed by atoms with E-state index < -0.39 is 0 Å². The van der Waals surface area contributed by atoms with Crippen molar-refractivity contribution in [3.63, 3.8) is 0 Å². The molecule has 0 saturated heterocycles. The molecule has 12 heavy (non-hydrogen) atoms. The maximum atomic E-state index is 5.83. The van der Waals surface area contributed by atoms with Crippen LogP contribution < -0.4 is 0 Å². The van der Waals surface area contributed by atoms with Gasteiger partial charge in [-0.15, -0.1) is 0 Å². The van der Waals surface area contributed by atoms with Gasteiger partial charge in [-0.1, -0.05) is 36.5 Å². The average molecular weight is 226 g/mol. The molecule has 0 amide bonds. The summed E-state index contributed by atoms with van der Waals surface area (Å²) in [6, 6.07) is 0. The molecule has 0 atom stereocenters. The van der Waals surface area contributed by atoms with E-state index in [2.05, 4.69) is 9.97 Å². The van der Waals surface area contributed by atoms with Gasteiger partial charge in [0.25, 0.3) is 0 Å². The molecule has 0 bridgehead atoms. The highest BCUT2D eigenvalue weighted by Gasteiger charge is 2.08. The summed E-state index contributed by atoms with van der Waals surface area (Å²) in [5.41, 5.74) is 0.712. The molecular weight excluding hydrogens is 218 g/mol. The van der Waals surface area contributed by atoms with Gasteiger partial charge in [-0.2, -0.15) is 0 Å². The lowest BCUT2D eigenvalue weighted by Gasteiger charge is -2.02. The van der Waals surface area contributed by atoms with Crippen molar-refractivity contribution in [2.45, 2.75) is 19.8 Å². The quantitative estimate of drug-likeness (QED) is 0.569. The van der Waals surface area contributed by atoms with Crippen LogP contribution in [0.25, 0.3) is 0 Å². The summed E-state index contributed by atoms with van der Waals surface area (Å²) in [6.07, 6.45) is 1.71. The first kappa shape index (κ1) is 10.0. The Labute approximate surface area is 85.9 Å². The number of hydrogen-bond donors (Lipinski definition) is 0. The number of halogens is 3. The molecule has 1 rings (SSSR count). The first-order valence-electron chi connectivity index (χ1n) is 3.52. The zero-order valence-electron chi connectivity index (χ0n) is 6.44. The number of hydrogen-bond acceptors (Lipinski definition) is 2. The van der Waals surface area contributed by atoms with Crippen LogP contribution in [-0.2, 0) is 6.42 Å². The smallest absolute Gasteiger partial charge is 0.221 e. The molecule has 0 aliphatic carbocycles. The first-order chi connectivity index (χ1) is 5.65. The molecule has 5 heteroatoms. The van der Waals surface area contributed by atoms with Gasteiger partial charge >= 0.3 is 0 Å². The third kappa shape index (κ3) is 2.22. The van der Waals surface area contributed by atoms with Crippen LogP contribution in [0, 0.1) is 0 Å². The third-order valence-electron chi connectivity index (χ3n) is 1.34. The van der Waals surface area contributed by atoms with E-state index in [1.54, 1.807) is 0 Å². The summed E-state index contributed by atoms with van der Waals surface area (Å²) in [7, 11) is 0. The second kappa shape index (κ2) is 4.26. The van der Waals surface area contributed by atoms with Crippen LogP contribution in [-0.4, -0.2) is 9.97 Å². The van der Waals surface area contributed by atoms with E-state index >= 15 is 0 Å². The summed E-state index contributed by atoms with van der Waals surface area (Å²) < 4.78 is 0. The zero-order chi connectivity index (χ0) is 9.14. The van der Waals surface area contributed by atoms with Crippen molar-refractivity contribution in [3.05, 3.63) is 21.2 Å². The Kier molecular flexibility index (Phi) is 3.56. The molecule has 0 unspecified atom stereocenters. The van der Waals surface area contributed by atoms with E-state index in [1.807, 2.05) is 6.92 Å². The Balaban J connectivity index is 3.09. The van der Waals surface area contributed by atoms with Gasteiger partial charge < -0.3 is 0 Å². The van der Waals surface area contributed by atoms with Gasteiger partial charge in [-0.05, 0) is 18.0 Å². The Hall–Kier alpha value is -0.0500. The third-order valence-corrected chi connectivity index (χ3v) is 2.28. The van der Waals surface area contributed by atoms with E-state index in [0.717, 1.165) is 12.8 Å². The number of aryl methyl sites for hydroxylation is 1. The summed E-state index contributed by atoms with van der Waals surface area (Å²) in [5.74, 6) is 0. The van der Waals surface area contributed by atoms with E-state index in [1.165, 1.54) is 0 Å². The van der Waals surface area contributed by atoms with Gasteiger partial charge in [0, 0.05) is 0 Å². The van der Waals surface area contributed by atoms with Crippen LogP contribution in [0.15, 0.2) is 0 Å². The molecule has 0 N–H and O–H groups in total. The van der Waals surface area contributed by atoms with Crippen molar-refractivity contribution in [2.24, 2.45) is 0 Å². The topological polar surface area (TPSA) is 25.8 Å². The fourth-order valence-electron chi connectivity index (χ4n) is 0.837. The van der Waals surface area contributed by atoms with Crippen LogP contribution in [0.5, 0.6) is 0 Å². The lowest BCUT2D eigenvalue weighted by Crippen LogP contribution is -1.94. The Bertz CT molecular complexity index is 288. The number of aromatic nitrogens is 2. The van der Waals surface area contributed by atoms with E-state index in [-0.39, 0.29) is 10.4 Å². The molecule has 1 heterocycles. The lowest BCUT2D eigenvalue weighted by molar-refractivity contribution is 0.873. The standard InChI is InChI=1S/C7H7Cl3N2/c1-2-3-4-5(8)6(9)12-7(10)11-4/h2-3H2,1H3. The summed E-state index contributed by atoms with van der Waals surface area (Å²) in [4.78, 5) is 7.67. The fourth-order valence-corrected chi connectivity index (χ4v) is 1.43. The Morgan fingerprint density at radius 2 is 1.83 bits per heavy atom. The Morgan fingerprint density at radius 1 is 1.17 bits per heavy atom. The molecule has 0 aliphatic rings. The van der Waals surface area contributed by atoms with Crippen molar-refractivity contribution in [1.29, 1.82) is 0 Å². The lowest BCUT2D eigenvalue weighted by atomic mass is 10.2. The molecule has 1 aromatic heterocycles. The maximum absolute atomic E-state index is 5.83. The minimum absolute atomic E-state index is 0.146. The molecule has 0 radical (unpaired) electrons. The fraction of sp³-hybridized carbons (Fsp3) is 0.429. The molecule has 0 aliphatic heterocycles. The monoisotopic (exact) mass is 224 g/mol. The molecule has 0 aromatic carbocycles. The summed E-state index contributed by atoms with van der Waals surface area (Å²) in [5, 5.41) is 0.774. The van der Waals surface area contributed by atoms with Crippen molar-refractivity contribution in [2.75, 3.05) is 0 Å². The molecular formula is C7H7Cl3N2. The summed E-state index contributed by atoms with van der Waals surface area (Å²) in [6.45, 7) is 2.03. The zero-order valence-corrected chi connectivity index (χ0v) is 8.71. The van der Waals surface area contributed by atoms with E-state index in [9.17, 15) is 0 Å².